The van der Waals surface area contributed by atoms with Gasteiger partial charge in [-0.25, -0.2) is 4.79 Å². The minimum absolute atomic E-state index is 0.0648. The van der Waals surface area contributed by atoms with Crippen LogP contribution in [0.3, 0.4) is 0 Å². The van der Waals surface area contributed by atoms with Crippen molar-refractivity contribution in [2.75, 3.05) is 32.9 Å². The SMILES string of the molecule is CCOCCCN(CC(=O)c1c(C)[nH]c(C(=O)OCC)c1C)C(=O)c1cccs1. The number of nitrogens with zero attached hydrogens (tertiary/aromatic N) is 1. The van der Waals surface area contributed by atoms with Gasteiger partial charge in [-0.3, -0.25) is 9.59 Å². The molecule has 158 valence electrons. The Morgan fingerprint density at radius 2 is 1.93 bits per heavy atom. The van der Waals surface area contributed by atoms with Gasteiger partial charge in [0.1, 0.15) is 5.69 Å². The Morgan fingerprint density at radius 1 is 1.17 bits per heavy atom. The highest BCUT2D eigenvalue weighted by molar-refractivity contribution is 7.12. The van der Waals surface area contributed by atoms with Crippen molar-refractivity contribution >= 4 is 29.0 Å². The summed E-state index contributed by atoms with van der Waals surface area (Å²) in [7, 11) is 0. The molecule has 0 aliphatic carbocycles. The molecule has 2 aromatic rings. The molecule has 0 saturated carbocycles. The lowest BCUT2D eigenvalue weighted by molar-refractivity contribution is 0.0519. The molecule has 8 heteroatoms. The van der Waals surface area contributed by atoms with E-state index in [0.717, 1.165) is 0 Å². The van der Waals surface area contributed by atoms with Gasteiger partial charge in [0, 0.05) is 31.0 Å². The van der Waals surface area contributed by atoms with E-state index in [1.165, 1.54) is 11.3 Å². The smallest absolute Gasteiger partial charge is 0.355 e. The van der Waals surface area contributed by atoms with Gasteiger partial charge >= 0.3 is 5.97 Å². The number of nitrogens with one attached hydrogen (secondary N) is 1. The van der Waals surface area contributed by atoms with Gasteiger partial charge in [-0.05, 0) is 51.1 Å². The molecule has 0 atom stereocenters. The summed E-state index contributed by atoms with van der Waals surface area (Å²) >= 11 is 1.34. The highest BCUT2D eigenvalue weighted by Crippen LogP contribution is 2.21. The second kappa shape index (κ2) is 10.9. The van der Waals surface area contributed by atoms with Crippen molar-refractivity contribution in [1.29, 1.82) is 0 Å². The predicted molar refractivity (Wildman–Crippen MR) is 112 cm³/mol. The number of rotatable bonds is 11. The molecule has 2 rings (SSSR count). The van der Waals surface area contributed by atoms with Crippen LogP contribution in [0.2, 0.25) is 0 Å². The fraction of sp³-hybridized carbons (Fsp3) is 0.476. The minimum Gasteiger partial charge on any atom is -0.461 e. The molecule has 0 aliphatic rings. The molecule has 1 amide bonds. The number of H-pyrrole nitrogens is 1. The molecule has 29 heavy (non-hydrogen) atoms. The standard InChI is InChI=1S/C21H28N2O5S/c1-5-27-11-8-10-23(20(25)17-9-7-12-29-17)13-16(24)18-14(3)19(22-15(18)4)21(26)28-6-2/h7,9,12,22H,5-6,8,10-11,13H2,1-4H3. The highest BCUT2D eigenvalue weighted by atomic mass is 32.1. The van der Waals surface area contributed by atoms with Gasteiger partial charge in [0.05, 0.1) is 18.0 Å². The van der Waals surface area contributed by atoms with Crippen molar-refractivity contribution in [1.82, 2.24) is 9.88 Å². The summed E-state index contributed by atoms with van der Waals surface area (Å²) in [6.07, 6.45) is 0.636. The number of thiophene rings is 1. The number of carbonyl (C=O) groups is 3. The van der Waals surface area contributed by atoms with Gasteiger partial charge in [0.25, 0.3) is 5.91 Å². The van der Waals surface area contributed by atoms with Crippen LogP contribution in [0.15, 0.2) is 17.5 Å². The van der Waals surface area contributed by atoms with Crippen molar-refractivity contribution in [3.8, 4) is 0 Å². The van der Waals surface area contributed by atoms with Gasteiger partial charge < -0.3 is 19.4 Å². The van der Waals surface area contributed by atoms with Crippen molar-refractivity contribution in [3.05, 3.63) is 44.9 Å². The Balaban J connectivity index is 2.20. The Morgan fingerprint density at radius 3 is 2.55 bits per heavy atom. The maximum atomic E-state index is 13.1. The Hall–Kier alpha value is -2.45. The van der Waals surface area contributed by atoms with Gasteiger partial charge in [-0.1, -0.05) is 6.07 Å². The van der Waals surface area contributed by atoms with Crippen molar-refractivity contribution < 1.29 is 23.9 Å². The quantitative estimate of drug-likeness (QED) is 0.341. The number of aromatic nitrogens is 1. The summed E-state index contributed by atoms with van der Waals surface area (Å²) in [6, 6.07) is 3.56. The maximum absolute atomic E-state index is 13.1. The van der Waals surface area contributed by atoms with Crippen LogP contribution < -0.4 is 0 Å². The second-order valence-electron chi connectivity index (χ2n) is 6.52. The molecule has 0 spiro atoms. The fourth-order valence-electron chi connectivity index (χ4n) is 3.14. The van der Waals surface area contributed by atoms with Gasteiger partial charge in [0.2, 0.25) is 0 Å². The van der Waals surface area contributed by atoms with E-state index in [-0.39, 0.29) is 30.5 Å². The molecule has 0 fully saturated rings. The average Bonchev–Trinajstić information content (AvgIpc) is 3.32. The maximum Gasteiger partial charge on any atom is 0.355 e. The van der Waals surface area contributed by atoms with Crippen molar-refractivity contribution in [2.24, 2.45) is 0 Å². The van der Waals surface area contributed by atoms with E-state index in [9.17, 15) is 14.4 Å². The predicted octanol–water partition coefficient (Wildman–Crippen LogP) is 3.62. The zero-order valence-electron chi connectivity index (χ0n) is 17.4. The number of carbonyl (C=O) groups excluding carboxylic acids is 3. The summed E-state index contributed by atoms with van der Waals surface area (Å²) in [5, 5.41) is 1.83. The van der Waals surface area contributed by atoms with Crippen LogP contribution in [-0.2, 0) is 9.47 Å². The summed E-state index contributed by atoms with van der Waals surface area (Å²) in [4.78, 5) is 43.1. The molecule has 2 aromatic heterocycles. The molecule has 0 aliphatic heterocycles. The van der Waals surface area contributed by atoms with Crippen molar-refractivity contribution in [3.63, 3.8) is 0 Å². The minimum atomic E-state index is -0.490. The molecule has 7 nitrogen and oxygen atoms in total. The molecule has 0 unspecified atom stereocenters. The van der Waals surface area contributed by atoms with Crippen LogP contribution in [0.1, 0.15) is 62.0 Å². The largest absolute Gasteiger partial charge is 0.461 e. The van der Waals surface area contributed by atoms with E-state index >= 15 is 0 Å². The second-order valence-corrected chi connectivity index (χ2v) is 7.47. The molecular formula is C21H28N2O5S. The van der Waals surface area contributed by atoms with Crippen LogP contribution in [0, 0.1) is 13.8 Å². The molecule has 1 N–H and O–H groups in total. The number of esters is 1. The lowest BCUT2D eigenvalue weighted by Crippen LogP contribution is -2.37. The Bertz CT molecular complexity index is 842. The zero-order chi connectivity index (χ0) is 21.4. The summed E-state index contributed by atoms with van der Waals surface area (Å²) < 4.78 is 10.4. The van der Waals surface area contributed by atoms with E-state index in [1.54, 1.807) is 31.7 Å². The first-order valence-electron chi connectivity index (χ1n) is 9.70. The number of ether oxygens (including phenoxy) is 2. The number of amides is 1. The van der Waals surface area contributed by atoms with Crippen LogP contribution in [-0.4, -0.2) is 60.5 Å². The van der Waals surface area contributed by atoms with Gasteiger partial charge in [-0.2, -0.15) is 0 Å². The third-order valence-electron chi connectivity index (χ3n) is 4.47. The first-order chi connectivity index (χ1) is 13.9. The number of hydrogen-bond acceptors (Lipinski definition) is 6. The molecule has 0 radical (unpaired) electrons. The summed E-state index contributed by atoms with van der Waals surface area (Å²) in [6.45, 7) is 8.82. The first kappa shape index (κ1) is 22.8. The fourth-order valence-corrected chi connectivity index (χ4v) is 3.83. The van der Waals surface area contributed by atoms with Gasteiger partial charge in [-0.15, -0.1) is 11.3 Å². The third-order valence-corrected chi connectivity index (χ3v) is 5.33. The number of aryl methyl sites for hydroxylation is 1. The first-order valence-corrected chi connectivity index (χ1v) is 10.6. The topological polar surface area (TPSA) is 88.7 Å². The number of Topliss-reactive ketones (excluding diaryl/α,β-unsaturated/α-hetero) is 1. The van der Waals surface area contributed by atoms with Crippen LogP contribution in [0.5, 0.6) is 0 Å². The normalized spacial score (nSPS) is 10.8. The number of ketones is 1. The summed E-state index contributed by atoms with van der Waals surface area (Å²) in [5.74, 6) is -0.884. The lowest BCUT2D eigenvalue weighted by Gasteiger charge is -2.21. The van der Waals surface area contributed by atoms with E-state index in [0.29, 0.717) is 47.9 Å². The number of aromatic amines is 1. The Labute approximate surface area is 175 Å². The lowest BCUT2D eigenvalue weighted by atomic mass is 10.0. The Kier molecular flexibility index (Phi) is 8.60. The van der Waals surface area contributed by atoms with E-state index < -0.39 is 5.97 Å². The van der Waals surface area contributed by atoms with E-state index in [4.69, 9.17) is 9.47 Å². The molecule has 0 aromatic carbocycles. The van der Waals surface area contributed by atoms with Crippen LogP contribution >= 0.6 is 11.3 Å². The average molecular weight is 421 g/mol. The van der Waals surface area contributed by atoms with E-state index in [1.807, 2.05) is 18.4 Å². The van der Waals surface area contributed by atoms with Crippen molar-refractivity contribution in [2.45, 2.75) is 34.1 Å². The molecule has 0 saturated heterocycles. The molecule has 0 bridgehead atoms. The number of hydrogen-bond donors (Lipinski definition) is 1. The van der Waals surface area contributed by atoms with E-state index in [2.05, 4.69) is 4.98 Å². The van der Waals surface area contributed by atoms with Crippen LogP contribution in [0.25, 0.3) is 0 Å². The summed E-state index contributed by atoms with van der Waals surface area (Å²) in [5.41, 5.74) is 1.85. The van der Waals surface area contributed by atoms with Gasteiger partial charge in [0.15, 0.2) is 5.78 Å². The highest BCUT2D eigenvalue weighted by Gasteiger charge is 2.26. The monoisotopic (exact) mass is 420 g/mol. The molecule has 2 heterocycles. The molecular weight excluding hydrogens is 392 g/mol. The third kappa shape index (κ3) is 5.77. The zero-order valence-corrected chi connectivity index (χ0v) is 18.2. The van der Waals surface area contributed by atoms with Crippen LogP contribution in [0.4, 0.5) is 0 Å².